The van der Waals surface area contributed by atoms with Crippen molar-refractivity contribution in [3.05, 3.63) is 79.5 Å². The van der Waals surface area contributed by atoms with E-state index in [0.717, 1.165) is 23.1 Å². The molecule has 11 heteroatoms. The molecule has 0 saturated heterocycles. The van der Waals surface area contributed by atoms with Gasteiger partial charge in [0.15, 0.2) is 0 Å². The van der Waals surface area contributed by atoms with Crippen LogP contribution in [0.15, 0.2) is 63.7 Å². The zero-order valence-electron chi connectivity index (χ0n) is 14.9. The van der Waals surface area contributed by atoms with Gasteiger partial charge in [-0.15, -0.1) is 11.3 Å². The first-order valence-electron chi connectivity index (χ1n) is 8.38. The van der Waals surface area contributed by atoms with Crippen molar-refractivity contribution in [2.75, 3.05) is 10.6 Å². The van der Waals surface area contributed by atoms with Crippen molar-refractivity contribution < 1.29 is 19.9 Å². The van der Waals surface area contributed by atoms with Gasteiger partial charge in [0, 0.05) is 33.0 Å². The summed E-state index contributed by atoms with van der Waals surface area (Å²) < 4.78 is 0. The highest BCUT2D eigenvalue weighted by Crippen LogP contribution is 2.44. The third kappa shape index (κ3) is 3.80. The highest BCUT2D eigenvalue weighted by molar-refractivity contribution is 8.03. The molecule has 0 atom stereocenters. The van der Waals surface area contributed by atoms with E-state index in [9.17, 15) is 25.1 Å². The lowest BCUT2D eigenvalue weighted by Gasteiger charge is -2.08. The Balaban J connectivity index is 1.63. The van der Waals surface area contributed by atoms with Crippen molar-refractivity contribution in [3.8, 4) is 11.1 Å². The van der Waals surface area contributed by atoms with Gasteiger partial charge in [-0.1, -0.05) is 35.5 Å². The number of nitrogens with one attached hydrogen (secondary N) is 2. The van der Waals surface area contributed by atoms with Gasteiger partial charge >= 0.3 is 5.97 Å². The number of aliphatic hydroxyl groups excluding tert-OH is 1. The van der Waals surface area contributed by atoms with Crippen LogP contribution in [-0.2, 0) is 0 Å². The molecule has 1 aliphatic rings. The van der Waals surface area contributed by atoms with Crippen LogP contribution in [0.2, 0.25) is 5.02 Å². The van der Waals surface area contributed by atoms with Crippen LogP contribution in [0.3, 0.4) is 0 Å². The minimum Gasteiger partial charge on any atom is -0.493 e. The predicted molar refractivity (Wildman–Crippen MR) is 118 cm³/mol. The number of carboxylic acid groups (broad SMARTS) is 1. The number of hydrogen-bond donors (Lipinski definition) is 4. The molecular weight excluding hydrogens is 450 g/mol. The van der Waals surface area contributed by atoms with Crippen LogP contribution in [0.5, 0.6) is 0 Å². The van der Waals surface area contributed by atoms with Crippen LogP contribution in [0.25, 0.3) is 11.1 Å². The molecule has 0 bridgehead atoms. The number of rotatable bonds is 5. The number of aromatic carboxylic acids is 1. The Labute approximate surface area is 183 Å². The van der Waals surface area contributed by atoms with Gasteiger partial charge in [0.05, 0.1) is 10.6 Å². The van der Waals surface area contributed by atoms with Crippen LogP contribution in [0.1, 0.15) is 10.4 Å². The molecule has 0 unspecified atom stereocenters. The fourth-order valence-electron chi connectivity index (χ4n) is 2.85. The SMILES string of the molecule is O=C(O)c1c(-c2ccc(Cl)cc2)csc1NC(O)=C1Nc2ccc([N+](=O)[O-])cc2S1. The third-order valence-electron chi connectivity index (χ3n) is 4.24. The molecule has 30 heavy (non-hydrogen) atoms. The summed E-state index contributed by atoms with van der Waals surface area (Å²) in [5.41, 5.74) is 1.75. The van der Waals surface area contributed by atoms with Crippen molar-refractivity contribution in [1.29, 1.82) is 0 Å². The summed E-state index contributed by atoms with van der Waals surface area (Å²) in [6.45, 7) is 0. The normalized spacial score (nSPS) is 14.0. The number of nitro groups is 1. The number of carbonyl (C=O) groups is 1. The molecule has 0 saturated carbocycles. The van der Waals surface area contributed by atoms with E-state index in [1.165, 1.54) is 12.1 Å². The number of halogens is 1. The van der Waals surface area contributed by atoms with Gasteiger partial charge in [-0.3, -0.25) is 10.1 Å². The summed E-state index contributed by atoms with van der Waals surface area (Å²) in [5, 5.41) is 39.7. The number of thioether (sulfide) groups is 1. The number of aliphatic hydroxyl groups is 1. The smallest absolute Gasteiger partial charge is 0.339 e. The molecule has 0 amide bonds. The molecule has 0 fully saturated rings. The van der Waals surface area contributed by atoms with Gasteiger partial charge in [0.1, 0.15) is 15.6 Å². The molecule has 0 spiro atoms. The van der Waals surface area contributed by atoms with Gasteiger partial charge in [0.2, 0.25) is 5.88 Å². The molecule has 2 heterocycles. The largest absolute Gasteiger partial charge is 0.493 e. The van der Waals surface area contributed by atoms with Crippen LogP contribution in [-0.4, -0.2) is 21.1 Å². The second-order valence-corrected chi connectivity index (χ2v) is 8.50. The van der Waals surface area contributed by atoms with Crippen LogP contribution in [0, 0.1) is 10.1 Å². The highest BCUT2D eigenvalue weighted by atomic mass is 35.5. The Morgan fingerprint density at radius 2 is 1.90 bits per heavy atom. The Hall–Kier alpha value is -3.21. The maximum absolute atomic E-state index is 11.9. The number of nitrogens with zero attached hydrogens (tertiary/aromatic N) is 1. The number of hydrogen-bond acceptors (Lipinski definition) is 8. The molecule has 8 nitrogen and oxygen atoms in total. The number of thiophene rings is 1. The molecule has 4 rings (SSSR count). The number of non-ortho nitro benzene ring substituents is 1. The summed E-state index contributed by atoms with van der Waals surface area (Å²) >= 11 is 8.15. The van der Waals surface area contributed by atoms with Crippen molar-refractivity contribution >= 4 is 57.0 Å². The van der Waals surface area contributed by atoms with E-state index in [2.05, 4.69) is 10.6 Å². The Bertz CT molecular complexity index is 1210. The molecule has 1 aromatic heterocycles. The van der Waals surface area contributed by atoms with Crippen LogP contribution in [0.4, 0.5) is 16.4 Å². The maximum atomic E-state index is 11.9. The minimum absolute atomic E-state index is 0.0191. The summed E-state index contributed by atoms with van der Waals surface area (Å²) in [4.78, 5) is 22.9. The maximum Gasteiger partial charge on any atom is 0.339 e. The number of benzene rings is 2. The van der Waals surface area contributed by atoms with E-state index >= 15 is 0 Å². The average Bonchev–Trinajstić information content (AvgIpc) is 3.32. The number of anilines is 2. The summed E-state index contributed by atoms with van der Waals surface area (Å²) in [5.74, 6) is -1.43. The second kappa shape index (κ2) is 7.90. The summed E-state index contributed by atoms with van der Waals surface area (Å²) in [6, 6.07) is 11.1. The lowest BCUT2D eigenvalue weighted by Crippen LogP contribution is -2.07. The lowest BCUT2D eigenvalue weighted by atomic mass is 10.0. The first-order valence-corrected chi connectivity index (χ1v) is 10.4. The van der Waals surface area contributed by atoms with Gasteiger partial charge in [0.25, 0.3) is 5.69 Å². The Morgan fingerprint density at radius 1 is 1.17 bits per heavy atom. The van der Waals surface area contributed by atoms with Crippen LogP contribution < -0.4 is 10.6 Å². The van der Waals surface area contributed by atoms with Gasteiger partial charge in [-0.05, 0) is 23.8 Å². The quantitative estimate of drug-likeness (QED) is 0.207. The topological polar surface area (TPSA) is 125 Å². The predicted octanol–water partition coefficient (Wildman–Crippen LogP) is 5.99. The van der Waals surface area contributed by atoms with Crippen LogP contribution >= 0.6 is 34.7 Å². The number of fused-ring (bicyclic) bond motifs is 1. The minimum atomic E-state index is -1.15. The highest BCUT2D eigenvalue weighted by Gasteiger charge is 2.25. The zero-order valence-corrected chi connectivity index (χ0v) is 17.3. The fourth-order valence-corrected chi connectivity index (χ4v) is 4.87. The zero-order chi connectivity index (χ0) is 21.4. The van der Waals surface area contributed by atoms with E-state index in [1.807, 2.05) is 0 Å². The standard InChI is InChI=1S/C19H12ClN3O5S2/c20-10-3-1-9(2-4-10)12-8-29-17(15(12)19(25)26)22-16(24)18-21-13-6-5-11(23(27)28)7-14(13)30-18/h1-8,21-22,24H,(H,25,26). The van der Waals surface area contributed by atoms with E-state index in [1.54, 1.807) is 35.7 Å². The third-order valence-corrected chi connectivity index (χ3v) is 6.45. The molecule has 4 N–H and O–H groups in total. The van der Waals surface area contributed by atoms with Gasteiger partial charge < -0.3 is 20.8 Å². The first kappa shape index (κ1) is 20.1. The summed E-state index contributed by atoms with van der Waals surface area (Å²) in [7, 11) is 0. The Morgan fingerprint density at radius 3 is 2.57 bits per heavy atom. The first-order chi connectivity index (χ1) is 14.3. The molecule has 0 aliphatic carbocycles. The molecule has 2 aromatic carbocycles. The average molecular weight is 462 g/mol. The Kier molecular flexibility index (Phi) is 5.29. The molecule has 1 aliphatic heterocycles. The van der Waals surface area contributed by atoms with E-state index in [0.29, 0.717) is 31.8 Å². The van der Waals surface area contributed by atoms with E-state index in [4.69, 9.17) is 11.6 Å². The second-order valence-electron chi connectivity index (χ2n) is 6.13. The van der Waals surface area contributed by atoms with E-state index < -0.39 is 10.9 Å². The van der Waals surface area contributed by atoms with Crippen molar-refractivity contribution in [2.24, 2.45) is 0 Å². The van der Waals surface area contributed by atoms with Crippen molar-refractivity contribution in [3.63, 3.8) is 0 Å². The van der Waals surface area contributed by atoms with Crippen molar-refractivity contribution in [1.82, 2.24) is 0 Å². The molecule has 3 aromatic rings. The molecule has 0 radical (unpaired) electrons. The van der Waals surface area contributed by atoms with Crippen molar-refractivity contribution in [2.45, 2.75) is 4.90 Å². The van der Waals surface area contributed by atoms with Gasteiger partial charge in [-0.2, -0.15) is 0 Å². The summed E-state index contributed by atoms with van der Waals surface area (Å²) in [6.07, 6.45) is 0. The monoisotopic (exact) mass is 461 g/mol. The van der Waals surface area contributed by atoms with E-state index in [-0.39, 0.29) is 22.1 Å². The number of nitro benzene ring substituents is 1. The number of carboxylic acids is 1. The lowest BCUT2D eigenvalue weighted by molar-refractivity contribution is -0.385. The molecular formula is C19H12ClN3O5S2. The fraction of sp³-hybridized carbons (Fsp3) is 0. The van der Waals surface area contributed by atoms with Gasteiger partial charge in [-0.25, -0.2) is 4.79 Å². The molecule has 152 valence electrons.